The van der Waals surface area contributed by atoms with Gasteiger partial charge in [0.2, 0.25) is 0 Å². The Labute approximate surface area is 120 Å². The van der Waals surface area contributed by atoms with Gasteiger partial charge < -0.3 is 5.32 Å². The number of hydrogen-bond donors (Lipinski definition) is 1. The molecule has 0 unspecified atom stereocenters. The summed E-state index contributed by atoms with van der Waals surface area (Å²) in [7, 11) is 0. The van der Waals surface area contributed by atoms with Crippen LogP contribution >= 0.6 is 15.9 Å². The van der Waals surface area contributed by atoms with E-state index in [1.54, 1.807) is 0 Å². The zero-order valence-corrected chi connectivity index (χ0v) is 13.3. The highest BCUT2D eigenvalue weighted by Crippen LogP contribution is 2.15. The zero-order chi connectivity index (χ0) is 13.2. The van der Waals surface area contributed by atoms with Crippen LogP contribution in [0.2, 0.25) is 0 Å². The predicted octanol–water partition coefficient (Wildman–Crippen LogP) is 5.15. The predicted molar refractivity (Wildman–Crippen MR) is 83.8 cm³/mol. The molecule has 0 amide bonds. The smallest absolute Gasteiger partial charge is 0.0220 e. The molecule has 0 radical (unpaired) electrons. The van der Waals surface area contributed by atoms with Crippen LogP contribution in [0.25, 0.3) is 0 Å². The molecule has 0 heterocycles. The molecule has 1 nitrogen and oxygen atoms in total. The first-order valence-corrected chi connectivity index (χ1v) is 7.93. The molecule has 1 aromatic carbocycles. The van der Waals surface area contributed by atoms with Crippen LogP contribution in [0.1, 0.15) is 51.5 Å². The number of hydrogen-bond acceptors (Lipinski definition) is 1. The van der Waals surface area contributed by atoms with Crippen molar-refractivity contribution in [3.8, 4) is 0 Å². The van der Waals surface area contributed by atoms with Crippen LogP contribution < -0.4 is 5.32 Å². The van der Waals surface area contributed by atoms with Gasteiger partial charge in [-0.2, -0.15) is 0 Å². The molecule has 102 valence electrons. The SMILES string of the molecule is CC(C)CCCCCCNCc1ccccc1Br. The van der Waals surface area contributed by atoms with Crippen molar-refractivity contribution in [2.75, 3.05) is 6.54 Å². The highest BCUT2D eigenvalue weighted by Gasteiger charge is 1.97. The molecule has 1 rings (SSSR count). The third-order valence-electron chi connectivity index (χ3n) is 3.16. The first-order valence-electron chi connectivity index (χ1n) is 7.14. The van der Waals surface area contributed by atoms with Gasteiger partial charge >= 0.3 is 0 Å². The highest BCUT2D eigenvalue weighted by molar-refractivity contribution is 9.10. The summed E-state index contributed by atoms with van der Waals surface area (Å²) in [5, 5.41) is 3.51. The van der Waals surface area contributed by atoms with E-state index in [4.69, 9.17) is 0 Å². The first-order chi connectivity index (χ1) is 8.70. The van der Waals surface area contributed by atoms with Crippen molar-refractivity contribution >= 4 is 15.9 Å². The molecule has 0 saturated carbocycles. The molecule has 0 aromatic heterocycles. The molecular weight excluding hydrogens is 286 g/mol. The lowest BCUT2D eigenvalue weighted by Gasteiger charge is -2.07. The number of nitrogens with one attached hydrogen (secondary N) is 1. The van der Waals surface area contributed by atoms with Gasteiger partial charge in [0.25, 0.3) is 0 Å². The second kappa shape index (κ2) is 9.57. The summed E-state index contributed by atoms with van der Waals surface area (Å²) in [6.07, 6.45) is 6.80. The summed E-state index contributed by atoms with van der Waals surface area (Å²) < 4.78 is 1.20. The second-order valence-electron chi connectivity index (χ2n) is 5.36. The molecule has 0 fully saturated rings. The van der Waals surface area contributed by atoms with Gasteiger partial charge in [-0.05, 0) is 30.5 Å². The Hall–Kier alpha value is -0.340. The molecule has 0 aliphatic heterocycles. The van der Waals surface area contributed by atoms with E-state index in [0.717, 1.165) is 19.0 Å². The maximum absolute atomic E-state index is 3.57. The van der Waals surface area contributed by atoms with E-state index >= 15 is 0 Å². The Balaban J connectivity index is 1.98. The molecular formula is C16H26BrN. The third-order valence-corrected chi connectivity index (χ3v) is 3.93. The zero-order valence-electron chi connectivity index (χ0n) is 11.7. The molecule has 1 N–H and O–H groups in total. The monoisotopic (exact) mass is 311 g/mol. The van der Waals surface area contributed by atoms with Gasteiger partial charge in [0.1, 0.15) is 0 Å². The van der Waals surface area contributed by atoms with Crippen LogP contribution in [-0.4, -0.2) is 6.54 Å². The van der Waals surface area contributed by atoms with Crippen molar-refractivity contribution in [3.63, 3.8) is 0 Å². The summed E-state index contributed by atoms with van der Waals surface area (Å²) in [4.78, 5) is 0. The fourth-order valence-electron chi connectivity index (χ4n) is 2.02. The minimum Gasteiger partial charge on any atom is -0.313 e. The average molecular weight is 312 g/mol. The lowest BCUT2D eigenvalue weighted by atomic mass is 10.0. The van der Waals surface area contributed by atoms with E-state index < -0.39 is 0 Å². The number of unbranched alkanes of at least 4 members (excludes halogenated alkanes) is 3. The summed E-state index contributed by atoms with van der Waals surface area (Å²) in [5.41, 5.74) is 1.34. The van der Waals surface area contributed by atoms with Gasteiger partial charge in [-0.25, -0.2) is 0 Å². The van der Waals surface area contributed by atoms with Crippen LogP contribution in [0, 0.1) is 5.92 Å². The van der Waals surface area contributed by atoms with Gasteiger partial charge in [0.15, 0.2) is 0 Å². The van der Waals surface area contributed by atoms with Crippen molar-refractivity contribution in [1.82, 2.24) is 5.32 Å². The molecule has 0 atom stereocenters. The van der Waals surface area contributed by atoms with E-state index in [9.17, 15) is 0 Å². The van der Waals surface area contributed by atoms with Crippen LogP contribution in [0.3, 0.4) is 0 Å². The second-order valence-corrected chi connectivity index (χ2v) is 6.22. The first kappa shape index (κ1) is 15.7. The van der Waals surface area contributed by atoms with Crippen molar-refractivity contribution in [1.29, 1.82) is 0 Å². The van der Waals surface area contributed by atoms with Crippen molar-refractivity contribution in [2.24, 2.45) is 5.92 Å². The summed E-state index contributed by atoms with van der Waals surface area (Å²) in [6, 6.07) is 8.42. The molecule has 2 heteroatoms. The fourth-order valence-corrected chi connectivity index (χ4v) is 2.45. The lowest BCUT2D eigenvalue weighted by molar-refractivity contribution is 0.512. The summed E-state index contributed by atoms with van der Waals surface area (Å²) in [5.74, 6) is 0.860. The van der Waals surface area contributed by atoms with E-state index in [-0.39, 0.29) is 0 Å². The van der Waals surface area contributed by atoms with Crippen molar-refractivity contribution < 1.29 is 0 Å². The summed E-state index contributed by atoms with van der Waals surface area (Å²) >= 11 is 3.57. The average Bonchev–Trinajstić information content (AvgIpc) is 2.34. The molecule has 0 spiro atoms. The quantitative estimate of drug-likeness (QED) is 0.622. The molecule has 0 bridgehead atoms. The lowest BCUT2D eigenvalue weighted by Crippen LogP contribution is -2.14. The van der Waals surface area contributed by atoms with Crippen molar-refractivity contribution in [3.05, 3.63) is 34.3 Å². The molecule has 1 aromatic rings. The van der Waals surface area contributed by atoms with Crippen molar-refractivity contribution in [2.45, 2.75) is 52.5 Å². The Morgan fingerprint density at radius 2 is 1.78 bits per heavy atom. The minimum atomic E-state index is 0.860. The van der Waals surface area contributed by atoms with Crippen LogP contribution in [-0.2, 0) is 6.54 Å². The number of halogens is 1. The maximum Gasteiger partial charge on any atom is 0.0220 e. The normalized spacial score (nSPS) is 11.1. The Morgan fingerprint density at radius 1 is 1.06 bits per heavy atom. The molecule has 0 aliphatic carbocycles. The van der Waals surface area contributed by atoms with E-state index in [1.165, 1.54) is 42.1 Å². The fraction of sp³-hybridized carbons (Fsp3) is 0.625. The van der Waals surface area contributed by atoms with Gasteiger partial charge in [-0.15, -0.1) is 0 Å². The highest BCUT2D eigenvalue weighted by atomic mass is 79.9. The Morgan fingerprint density at radius 3 is 2.50 bits per heavy atom. The van der Waals surface area contributed by atoms with Gasteiger partial charge in [0.05, 0.1) is 0 Å². The molecule has 18 heavy (non-hydrogen) atoms. The van der Waals surface area contributed by atoms with Gasteiger partial charge in [0, 0.05) is 11.0 Å². The number of benzene rings is 1. The van der Waals surface area contributed by atoms with E-state index in [2.05, 4.69) is 59.4 Å². The van der Waals surface area contributed by atoms with E-state index in [0.29, 0.717) is 0 Å². The summed E-state index contributed by atoms with van der Waals surface area (Å²) in [6.45, 7) is 6.70. The molecule has 0 saturated heterocycles. The topological polar surface area (TPSA) is 12.0 Å². The number of rotatable bonds is 9. The minimum absolute atomic E-state index is 0.860. The van der Waals surface area contributed by atoms with E-state index in [1.807, 2.05) is 0 Å². The molecule has 0 aliphatic rings. The standard InChI is InChI=1S/C16H26BrN/c1-14(2)9-5-3-4-8-12-18-13-15-10-6-7-11-16(15)17/h6-7,10-11,14,18H,3-5,8-9,12-13H2,1-2H3. The Kier molecular flexibility index (Phi) is 8.36. The Bertz CT molecular complexity index is 323. The third kappa shape index (κ3) is 7.17. The van der Waals surface area contributed by atoms with Crippen LogP contribution in [0.15, 0.2) is 28.7 Å². The van der Waals surface area contributed by atoms with Crippen LogP contribution in [0.5, 0.6) is 0 Å². The largest absolute Gasteiger partial charge is 0.313 e. The van der Waals surface area contributed by atoms with Gasteiger partial charge in [-0.1, -0.05) is 73.7 Å². The van der Waals surface area contributed by atoms with Crippen LogP contribution in [0.4, 0.5) is 0 Å². The maximum atomic E-state index is 3.57. The van der Waals surface area contributed by atoms with Gasteiger partial charge in [-0.3, -0.25) is 0 Å².